The molecule has 8 heteroatoms. The molecule has 1 aromatic heterocycles. The van der Waals surface area contributed by atoms with Crippen LogP contribution in [0.15, 0.2) is 47.6 Å². The van der Waals surface area contributed by atoms with Crippen molar-refractivity contribution in [3.63, 3.8) is 0 Å². The summed E-state index contributed by atoms with van der Waals surface area (Å²) in [6, 6.07) is 12.7. The summed E-state index contributed by atoms with van der Waals surface area (Å²) in [5, 5.41) is 3.01. The number of aryl methyl sites for hydroxylation is 1. The molecule has 0 saturated carbocycles. The van der Waals surface area contributed by atoms with Gasteiger partial charge >= 0.3 is 6.55 Å². The Kier molecular flexibility index (Phi) is 5.71. The molecule has 0 unspecified atom stereocenters. The van der Waals surface area contributed by atoms with Crippen molar-refractivity contribution in [1.29, 1.82) is 0 Å². The van der Waals surface area contributed by atoms with Gasteiger partial charge in [-0.05, 0) is 55.7 Å². The molecular formula is C21H22F2N4OS. The molecule has 1 N–H and O–H groups in total. The number of nitrogens with zero attached hydrogens (tertiary/aromatic N) is 3. The van der Waals surface area contributed by atoms with Crippen molar-refractivity contribution in [2.75, 3.05) is 29.1 Å². The number of amides is 1. The van der Waals surface area contributed by atoms with E-state index in [4.69, 9.17) is 0 Å². The van der Waals surface area contributed by atoms with Crippen molar-refractivity contribution in [1.82, 2.24) is 9.55 Å². The lowest BCUT2D eigenvalue weighted by molar-refractivity contribution is -0.113. The number of thioether (sulfide) groups is 1. The van der Waals surface area contributed by atoms with Crippen molar-refractivity contribution in [3.8, 4) is 0 Å². The predicted octanol–water partition coefficient (Wildman–Crippen LogP) is 5.07. The number of benzene rings is 2. The SMILES string of the molecule is Cc1cc(N2CCCC2)ccc1NC(=O)CSc1nc2ccccc2n1C(F)F. The van der Waals surface area contributed by atoms with E-state index in [0.29, 0.717) is 11.0 Å². The summed E-state index contributed by atoms with van der Waals surface area (Å²) >= 11 is 1.01. The van der Waals surface area contributed by atoms with Crippen LogP contribution in [0.25, 0.3) is 11.0 Å². The van der Waals surface area contributed by atoms with Crippen LogP contribution < -0.4 is 10.2 Å². The molecular weight excluding hydrogens is 394 g/mol. The quantitative estimate of drug-likeness (QED) is 0.570. The molecule has 1 aliphatic rings. The second kappa shape index (κ2) is 8.41. The van der Waals surface area contributed by atoms with Crippen LogP contribution in [0.1, 0.15) is 25.0 Å². The van der Waals surface area contributed by atoms with Crippen LogP contribution in [0.5, 0.6) is 0 Å². The number of anilines is 2. The molecule has 3 aromatic rings. The first-order valence-corrected chi connectivity index (χ1v) is 10.5. The maximum atomic E-state index is 13.5. The van der Waals surface area contributed by atoms with Gasteiger partial charge in [0, 0.05) is 24.5 Å². The lowest BCUT2D eigenvalue weighted by Crippen LogP contribution is -2.18. The molecule has 0 radical (unpaired) electrons. The largest absolute Gasteiger partial charge is 0.372 e. The number of imidazole rings is 1. The summed E-state index contributed by atoms with van der Waals surface area (Å²) in [4.78, 5) is 19.0. The van der Waals surface area contributed by atoms with Crippen molar-refractivity contribution in [2.24, 2.45) is 0 Å². The third-order valence-electron chi connectivity index (χ3n) is 5.05. The van der Waals surface area contributed by atoms with Crippen molar-refractivity contribution in [3.05, 3.63) is 48.0 Å². The third kappa shape index (κ3) is 4.22. The Bertz CT molecular complexity index is 1030. The zero-order chi connectivity index (χ0) is 20.4. The monoisotopic (exact) mass is 416 g/mol. The van der Waals surface area contributed by atoms with Gasteiger partial charge in [0.1, 0.15) is 0 Å². The Balaban J connectivity index is 1.43. The number of carbonyl (C=O) groups excluding carboxylic acids is 1. The third-order valence-corrected chi connectivity index (χ3v) is 6.00. The number of aromatic nitrogens is 2. The molecule has 1 aliphatic heterocycles. The van der Waals surface area contributed by atoms with Gasteiger partial charge in [0.2, 0.25) is 5.91 Å². The Hall–Kier alpha value is -2.61. The lowest BCUT2D eigenvalue weighted by Gasteiger charge is -2.19. The van der Waals surface area contributed by atoms with Crippen molar-refractivity contribution < 1.29 is 13.6 Å². The topological polar surface area (TPSA) is 50.2 Å². The molecule has 2 aromatic carbocycles. The number of hydrogen-bond donors (Lipinski definition) is 1. The normalized spacial score (nSPS) is 14.1. The van der Waals surface area contributed by atoms with Gasteiger partial charge in [0.05, 0.1) is 16.8 Å². The van der Waals surface area contributed by atoms with Crippen LogP contribution in [0, 0.1) is 6.92 Å². The minimum Gasteiger partial charge on any atom is -0.372 e. The second-order valence-electron chi connectivity index (χ2n) is 7.06. The van der Waals surface area contributed by atoms with Gasteiger partial charge in [0.25, 0.3) is 0 Å². The number of carbonyl (C=O) groups is 1. The second-order valence-corrected chi connectivity index (χ2v) is 8.00. The highest BCUT2D eigenvalue weighted by atomic mass is 32.2. The van der Waals surface area contributed by atoms with Gasteiger partial charge in [-0.3, -0.25) is 9.36 Å². The maximum absolute atomic E-state index is 13.5. The summed E-state index contributed by atoms with van der Waals surface area (Å²) < 4.78 is 27.8. The summed E-state index contributed by atoms with van der Waals surface area (Å²) in [7, 11) is 0. The molecule has 2 heterocycles. The van der Waals surface area contributed by atoms with E-state index in [9.17, 15) is 13.6 Å². The summed E-state index contributed by atoms with van der Waals surface area (Å²) in [5.74, 6) is -0.247. The van der Waals surface area contributed by atoms with Gasteiger partial charge in [-0.2, -0.15) is 8.78 Å². The van der Waals surface area contributed by atoms with Crippen LogP contribution in [-0.4, -0.2) is 34.3 Å². The van der Waals surface area contributed by atoms with Gasteiger partial charge < -0.3 is 10.2 Å². The molecule has 29 heavy (non-hydrogen) atoms. The average Bonchev–Trinajstić information content (AvgIpc) is 3.35. The summed E-state index contributed by atoms with van der Waals surface area (Å²) in [6.07, 6.45) is 2.41. The molecule has 1 amide bonds. The van der Waals surface area contributed by atoms with E-state index in [1.54, 1.807) is 24.3 Å². The fourth-order valence-corrected chi connectivity index (χ4v) is 4.40. The van der Waals surface area contributed by atoms with E-state index in [2.05, 4.69) is 21.3 Å². The molecule has 0 aliphatic carbocycles. The van der Waals surface area contributed by atoms with E-state index in [-0.39, 0.29) is 16.8 Å². The molecule has 1 fully saturated rings. The summed E-state index contributed by atoms with van der Waals surface area (Å²) in [6.45, 7) is 1.37. The number of nitrogens with one attached hydrogen (secondary N) is 1. The highest BCUT2D eigenvalue weighted by molar-refractivity contribution is 7.99. The number of alkyl halides is 2. The van der Waals surface area contributed by atoms with E-state index in [0.717, 1.165) is 46.4 Å². The smallest absolute Gasteiger partial charge is 0.321 e. The molecule has 0 spiro atoms. The first-order chi connectivity index (χ1) is 14.0. The molecule has 5 nitrogen and oxygen atoms in total. The molecule has 0 atom stereocenters. The Labute approximate surface area is 172 Å². The van der Waals surface area contributed by atoms with Gasteiger partial charge in [0.15, 0.2) is 5.16 Å². The Morgan fingerprint density at radius 3 is 2.69 bits per heavy atom. The predicted molar refractivity (Wildman–Crippen MR) is 113 cm³/mol. The average molecular weight is 416 g/mol. The fourth-order valence-electron chi connectivity index (χ4n) is 3.59. The van der Waals surface area contributed by atoms with E-state index < -0.39 is 6.55 Å². The van der Waals surface area contributed by atoms with Crippen molar-refractivity contribution in [2.45, 2.75) is 31.5 Å². The number of rotatable bonds is 6. The van der Waals surface area contributed by atoms with Crippen molar-refractivity contribution >= 4 is 40.1 Å². The van der Waals surface area contributed by atoms with Crippen LogP contribution in [-0.2, 0) is 4.79 Å². The van der Waals surface area contributed by atoms with Crippen LogP contribution in [0.2, 0.25) is 0 Å². The van der Waals surface area contributed by atoms with Gasteiger partial charge in [-0.15, -0.1) is 0 Å². The number of para-hydroxylation sites is 2. The minimum atomic E-state index is -2.71. The lowest BCUT2D eigenvalue weighted by atomic mass is 10.1. The van der Waals surface area contributed by atoms with Crippen LogP contribution >= 0.6 is 11.8 Å². The van der Waals surface area contributed by atoms with E-state index in [1.165, 1.54) is 12.8 Å². The molecule has 4 rings (SSSR count). The standard InChI is InChI=1S/C21H22F2N4OS/c1-14-12-15(26-10-4-5-11-26)8-9-16(14)24-19(28)13-29-21-25-17-6-2-3-7-18(17)27(21)20(22)23/h2-3,6-9,12,20H,4-5,10-11,13H2,1H3,(H,24,28). The highest BCUT2D eigenvalue weighted by Crippen LogP contribution is 2.30. The van der Waals surface area contributed by atoms with E-state index in [1.807, 2.05) is 19.1 Å². The zero-order valence-corrected chi connectivity index (χ0v) is 16.9. The summed E-state index contributed by atoms with van der Waals surface area (Å²) in [5.41, 5.74) is 3.73. The number of hydrogen-bond acceptors (Lipinski definition) is 4. The zero-order valence-electron chi connectivity index (χ0n) is 16.1. The first-order valence-electron chi connectivity index (χ1n) is 9.56. The highest BCUT2D eigenvalue weighted by Gasteiger charge is 2.19. The minimum absolute atomic E-state index is 0.00333. The van der Waals surface area contributed by atoms with E-state index >= 15 is 0 Å². The molecule has 152 valence electrons. The fraction of sp³-hybridized carbons (Fsp3) is 0.333. The number of halogens is 2. The van der Waals surface area contributed by atoms with Gasteiger partial charge in [-0.1, -0.05) is 23.9 Å². The van der Waals surface area contributed by atoms with Gasteiger partial charge in [-0.25, -0.2) is 4.98 Å². The van der Waals surface area contributed by atoms with Crippen LogP contribution in [0.4, 0.5) is 20.2 Å². The molecule has 0 bridgehead atoms. The first kappa shape index (κ1) is 19.7. The Morgan fingerprint density at radius 1 is 1.21 bits per heavy atom. The number of fused-ring (bicyclic) bond motifs is 1. The molecule has 1 saturated heterocycles. The van der Waals surface area contributed by atoms with Crippen LogP contribution in [0.3, 0.4) is 0 Å². The Morgan fingerprint density at radius 2 is 1.97 bits per heavy atom. The maximum Gasteiger partial charge on any atom is 0.321 e.